The van der Waals surface area contributed by atoms with Crippen molar-refractivity contribution in [2.24, 2.45) is 5.73 Å². The van der Waals surface area contributed by atoms with Gasteiger partial charge in [-0.3, -0.25) is 0 Å². The molecule has 0 fully saturated rings. The molecule has 1 aromatic rings. The molecule has 0 radical (unpaired) electrons. The molecule has 0 amide bonds. The largest absolute Gasteiger partial charge is 0.508 e. The van der Waals surface area contributed by atoms with Gasteiger partial charge in [0.2, 0.25) is 0 Å². The smallest absolute Gasteiger partial charge is 0.123 e. The van der Waals surface area contributed by atoms with Crippen LogP contribution in [0.5, 0.6) is 5.75 Å². The Hall–Kier alpha value is -1.13. The van der Waals surface area contributed by atoms with E-state index < -0.39 is 18.0 Å². The average molecular weight is 185 g/mol. The number of aromatic hydroxyl groups is 1. The van der Waals surface area contributed by atoms with Gasteiger partial charge < -0.3 is 15.9 Å². The average Bonchev–Trinajstić information content (AvgIpc) is 2.08. The summed E-state index contributed by atoms with van der Waals surface area (Å²) in [6, 6.07) is 2.70. The Morgan fingerprint density at radius 1 is 1.46 bits per heavy atom. The summed E-state index contributed by atoms with van der Waals surface area (Å²) in [6.07, 6.45) is -0.826. The van der Waals surface area contributed by atoms with Crippen molar-refractivity contribution in [2.75, 3.05) is 0 Å². The molecule has 0 aliphatic heterocycles. The maximum atomic E-state index is 12.7. The molecule has 1 rings (SSSR count). The Bertz CT molecular complexity index is 302. The van der Waals surface area contributed by atoms with Crippen molar-refractivity contribution in [2.45, 2.75) is 19.1 Å². The first kappa shape index (κ1) is 9.95. The van der Waals surface area contributed by atoms with Crippen molar-refractivity contribution >= 4 is 0 Å². The van der Waals surface area contributed by atoms with Crippen LogP contribution in [0.4, 0.5) is 4.39 Å². The highest BCUT2D eigenvalue weighted by atomic mass is 19.1. The zero-order valence-corrected chi connectivity index (χ0v) is 7.24. The van der Waals surface area contributed by atoms with Crippen LogP contribution in [0.15, 0.2) is 18.2 Å². The maximum Gasteiger partial charge on any atom is 0.123 e. The van der Waals surface area contributed by atoms with Gasteiger partial charge in [0.1, 0.15) is 11.6 Å². The van der Waals surface area contributed by atoms with Crippen LogP contribution in [0.3, 0.4) is 0 Å². The van der Waals surface area contributed by atoms with E-state index in [9.17, 15) is 9.50 Å². The quantitative estimate of drug-likeness (QED) is 0.641. The molecule has 2 atom stereocenters. The van der Waals surface area contributed by atoms with E-state index in [-0.39, 0.29) is 11.3 Å². The summed E-state index contributed by atoms with van der Waals surface area (Å²) < 4.78 is 12.7. The van der Waals surface area contributed by atoms with Crippen LogP contribution in [-0.2, 0) is 0 Å². The molecule has 0 saturated heterocycles. The number of benzene rings is 1. The lowest BCUT2D eigenvalue weighted by Gasteiger charge is -2.16. The Balaban J connectivity index is 3.05. The normalized spacial score (nSPS) is 15.4. The topological polar surface area (TPSA) is 66.5 Å². The third kappa shape index (κ3) is 2.17. The number of phenolic OH excluding ortho intramolecular Hbond substituents is 1. The summed E-state index contributed by atoms with van der Waals surface area (Å²) in [7, 11) is 0. The number of rotatable bonds is 2. The molecule has 3 nitrogen and oxygen atoms in total. The maximum absolute atomic E-state index is 12.7. The summed E-state index contributed by atoms with van der Waals surface area (Å²) in [6.45, 7) is 1.48. The molecule has 2 unspecified atom stereocenters. The van der Waals surface area contributed by atoms with Crippen LogP contribution in [0.2, 0.25) is 0 Å². The van der Waals surface area contributed by atoms with Crippen molar-refractivity contribution in [1.29, 1.82) is 0 Å². The Morgan fingerprint density at radius 2 is 2.08 bits per heavy atom. The van der Waals surface area contributed by atoms with E-state index in [4.69, 9.17) is 10.8 Å². The van der Waals surface area contributed by atoms with Crippen LogP contribution in [0.25, 0.3) is 0 Å². The number of aliphatic hydroxyl groups is 1. The summed E-state index contributed by atoms with van der Waals surface area (Å²) in [5.41, 5.74) is 5.75. The molecule has 0 aromatic heterocycles. The van der Waals surface area contributed by atoms with Crippen LogP contribution >= 0.6 is 0 Å². The highest BCUT2D eigenvalue weighted by Gasteiger charge is 2.16. The van der Waals surface area contributed by atoms with Gasteiger partial charge >= 0.3 is 0 Å². The SMILES string of the molecule is CC(O)C(N)c1cc(F)ccc1O. The van der Waals surface area contributed by atoms with Crippen molar-refractivity contribution < 1.29 is 14.6 Å². The highest BCUT2D eigenvalue weighted by molar-refractivity contribution is 5.35. The fourth-order valence-electron chi connectivity index (χ4n) is 1.05. The van der Waals surface area contributed by atoms with Gasteiger partial charge in [0, 0.05) is 5.56 Å². The first-order chi connectivity index (χ1) is 6.02. The molecular weight excluding hydrogens is 173 g/mol. The van der Waals surface area contributed by atoms with Gasteiger partial charge in [0.05, 0.1) is 12.1 Å². The number of hydrogen-bond donors (Lipinski definition) is 3. The van der Waals surface area contributed by atoms with E-state index in [1.165, 1.54) is 13.0 Å². The molecule has 13 heavy (non-hydrogen) atoms. The first-order valence-electron chi connectivity index (χ1n) is 3.94. The van der Waals surface area contributed by atoms with Crippen LogP contribution < -0.4 is 5.73 Å². The second-order valence-corrected chi connectivity index (χ2v) is 2.97. The van der Waals surface area contributed by atoms with Gasteiger partial charge in [0.15, 0.2) is 0 Å². The van der Waals surface area contributed by atoms with Crippen molar-refractivity contribution in [1.82, 2.24) is 0 Å². The molecule has 72 valence electrons. The number of phenols is 1. The van der Waals surface area contributed by atoms with Gasteiger partial charge in [-0.25, -0.2) is 4.39 Å². The number of aliphatic hydroxyl groups excluding tert-OH is 1. The van der Waals surface area contributed by atoms with E-state index in [1.54, 1.807) is 0 Å². The number of halogens is 1. The Kier molecular flexibility index (Phi) is 2.85. The molecule has 0 saturated carbocycles. The lowest BCUT2D eigenvalue weighted by Crippen LogP contribution is -2.23. The zero-order valence-electron chi connectivity index (χ0n) is 7.24. The standard InChI is InChI=1S/C9H12FNO2/c1-5(12)9(11)7-4-6(10)2-3-8(7)13/h2-5,9,12-13H,11H2,1H3. The molecule has 0 spiro atoms. The second-order valence-electron chi connectivity index (χ2n) is 2.97. The second kappa shape index (κ2) is 3.72. The molecule has 1 aromatic carbocycles. The van der Waals surface area contributed by atoms with E-state index in [0.717, 1.165) is 12.1 Å². The van der Waals surface area contributed by atoms with Crippen molar-refractivity contribution in [3.8, 4) is 5.75 Å². The van der Waals surface area contributed by atoms with Crippen LogP contribution in [-0.4, -0.2) is 16.3 Å². The fourth-order valence-corrected chi connectivity index (χ4v) is 1.05. The van der Waals surface area contributed by atoms with Gasteiger partial charge in [-0.05, 0) is 25.1 Å². The minimum absolute atomic E-state index is 0.102. The van der Waals surface area contributed by atoms with E-state index >= 15 is 0 Å². The predicted molar refractivity (Wildman–Crippen MR) is 46.7 cm³/mol. The minimum Gasteiger partial charge on any atom is -0.508 e. The van der Waals surface area contributed by atoms with E-state index in [1.807, 2.05) is 0 Å². The van der Waals surface area contributed by atoms with Gasteiger partial charge in [-0.2, -0.15) is 0 Å². The van der Waals surface area contributed by atoms with Crippen molar-refractivity contribution in [3.63, 3.8) is 0 Å². The lowest BCUT2D eigenvalue weighted by molar-refractivity contribution is 0.162. The number of nitrogens with two attached hydrogens (primary N) is 1. The fraction of sp³-hybridized carbons (Fsp3) is 0.333. The Labute approximate surface area is 75.6 Å². The predicted octanol–water partition coefficient (Wildman–Crippen LogP) is 0.912. The molecule has 0 aliphatic rings. The highest BCUT2D eigenvalue weighted by Crippen LogP contribution is 2.25. The van der Waals surface area contributed by atoms with Gasteiger partial charge in [0.25, 0.3) is 0 Å². The molecule has 0 bridgehead atoms. The zero-order chi connectivity index (χ0) is 10.0. The summed E-state index contributed by atoms with van der Waals surface area (Å²) in [5, 5.41) is 18.4. The molecule has 4 heteroatoms. The summed E-state index contributed by atoms with van der Waals surface area (Å²) in [4.78, 5) is 0. The molecule has 0 aliphatic carbocycles. The molecule has 4 N–H and O–H groups in total. The van der Waals surface area contributed by atoms with Crippen LogP contribution in [0, 0.1) is 5.82 Å². The van der Waals surface area contributed by atoms with Crippen molar-refractivity contribution in [3.05, 3.63) is 29.6 Å². The third-order valence-corrected chi connectivity index (χ3v) is 1.87. The minimum atomic E-state index is -0.826. The van der Waals surface area contributed by atoms with Gasteiger partial charge in [-0.15, -0.1) is 0 Å². The van der Waals surface area contributed by atoms with E-state index in [0.29, 0.717) is 0 Å². The lowest BCUT2D eigenvalue weighted by atomic mass is 10.0. The third-order valence-electron chi connectivity index (χ3n) is 1.87. The summed E-state index contributed by atoms with van der Waals surface area (Å²) >= 11 is 0. The first-order valence-corrected chi connectivity index (χ1v) is 3.94. The van der Waals surface area contributed by atoms with Crippen LogP contribution in [0.1, 0.15) is 18.5 Å². The summed E-state index contributed by atoms with van der Waals surface area (Å²) in [5.74, 6) is -0.585. The molecular formula is C9H12FNO2. The number of hydrogen-bond acceptors (Lipinski definition) is 3. The monoisotopic (exact) mass is 185 g/mol. The van der Waals surface area contributed by atoms with Gasteiger partial charge in [-0.1, -0.05) is 0 Å². The Morgan fingerprint density at radius 3 is 2.62 bits per heavy atom. The van der Waals surface area contributed by atoms with E-state index in [2.05, 4.69) is 0 Å². The molecule has 0 heterocycles.